The van der Waals surface area contributed by atoms with Gasteiger partial charge < -0.3 is 14.7 Å². The van der Waals surface area contributed by atoms with Crippen LogP contribution in [0.25, 0.3) is 0 Å². The van der Waals surface area contributed by atoms with Gasteiger partial charge in [-0.1, -0.05) is 13.0 Å². The van der Waals surface area contributed by atoms with Gasteiger partial charge in [0, 0.05) is 25.3 Å². The van der Waals surface area contributed by atoms with Crippen molar-refractivity contribution in [2.45, 2.75) is 25.9 Å². The molecule has 1 N–H and O–H groups in total. The highest BCUT2D eigenvalue weighted by atomic mass is 16.5. The molecule has 0 bridgehead atoms. The molecule has 0 radical (unpaired) electrons. The van der Waals surface area contributed by atoms with Gasteiger partial charge in [0.05, 0.1) is 6.10 Å². The van der Waals surface area contributed by atoms with Crippen LogP contribution >= 0.6 is 0 Å². The molecule has 0 spiro atoms. The molecule has 18 heavy (non-hydrogen) atoms. The fourth-order valence-electron chi connectivity index (χ4n) is 2.15. The number of amides is 1. The van der Waals surface area contributed by atoms with Crippen LogP contribution in [0.15, 0.2) is 24.3 Å². The summed E-state index contributed by atoms with van der Waals surface area (Å²) in [4.78, 5) is 14.1. The summed E-state index contributed by atoms with van der Waals surface area (Å²) in [7, 11) is 0. The number of aromatic hydroxyl groups is 1. The molecule has 0 aliphatic carbocycles. The van der Waals surface area contributed by atoms with Gasteiger partial charge in [0.1, 0.15) is 5.75 Å². The van der Waals surface area contributed by atoms with Crippen LogP contribution in [-0.2, 0) is 4.74 Å². The molecule has 2 rings (SSSR count). The zero-order chi connectivity index (χ0) is 13.0. The van der Waals surface area contributed by atoms with Gasteiger partial charge in [-0.05, 0) is 31.0 Å². The third kappa shape index (κ3) is 3.01. The van der Waals surface area contributed by atoms with Gasteiger partial charge in [0.2, 0.25) is 0 Å². The van der Waals surface area contributed by atoms with Crippen molar-refractivity contribution in [3.8, 4) is 5.75 Å². The van der Waals surface area contributed by atoms with E-state index in [2.05, 4.69) is 6.92 Å². The highest BCUT2D eigenvalue weighted by Crippen LogP contribution is 2.16. The lowest BCUT2D eigenvalue weighted by molar-refractivity contribution is 0.0460. The maximum absolute atomic E-state index is 12.3. The quantitative estimate of drug-likeness (QED) is 0.872. The minimum absolute atomic E-state index is 0.0325. The first-order valence-corrected chi connectivity index (χ1v) is 6.40. The molecule has 1 unspecified atom stereocenters. The second kappa shape index (κ2) is 5.87. The van der Waals surface area contributed by atoms with Crippen molar-refractivity contribution in [2.75, 3.05) is 19.7 Å². The standard InChI is InChI=1S/C14H19NO3/c1-2-13-10-15(7-4-8-18-13)14(17)11-5-3-6-12(16)9-11/h3,5-6,9,13,16H,2,4,7-8,10H2,1H3. The summed E-state index contributed by atoms with van der Waals surface area (Å²) in [5, 5.41) is 9.42. The monoisotopic (exact) mass is 249 g/mol. The van der Waals surface area contributed by atoms with Crippen molar-refractivity contribution in [3.63, 3.8) is 0 Å². The molecule has 1 heterocycles. The molecule has 1 aliphatic heterocycles. The zero-order valence-corrected chi connectivity index (χ0v) is 10.6. The number of hydrogen-bond acceptors (Lipinski definition) is 3. The highest BCUT2D eigenvalue weighted by molar-refractivity contribution is 5.94. The molecular weight excluding hydrogens is 230 g/mol. The van der Waals surface area contributed by atoms with Crippen LogP contribution in [0.4, 0.5) is 0 Å². The minimum Gasteiger partial charge on any atom is -0.508 e. The van der Waals surface area contributed by atoms with E-state index in [0.717, 1.165) is 12.8 Å². The summed E-state index contributed by atoms with van der Waals surface area (Å²) in [5.41, 5.74) is 0.534. The Hall–Kier alpha value is -1.55. The molecule has 1 aromatic rings. The molecule has 1 atom stereocenters. The Kier molecular flexibility index (Phi) is 4.20. The van der Waals surface area contributed by atoms with E-state index in [1.807, 2.05) is 4.90 Å². The van der Waals surface area contributed by atoms with E-state index >= 15 is 0 Å². The molecule has 1 amide bonds. The van der Waals surface area contributed by atoms with Crippen LogP contribution in [0.1, 0.15) is 30.1 Å². The van der Waals surface area contributed by atoms with Crippen LogP contribution < -0.4 is 0 Å². The van der Waals surface area contributed by atoms with E-state index in [1.165, 1.54) is 6.07 Å². The van der Waals surface area contributed by atoms with E-state index in [9.17, 15) is 9.90 Å². The third-order valence-corrected chi connectivity index (χ3v) is 3.19. The molecule has 1 aliphatic rings. The number of ether oxygens (including phenoxy) is 1. The molecule has 98 valence electrons. The second-order valence-electron chi connectivity index (χ2n) is 4.56. The molecule has 4 heteroatoms. The van der Waals surface area contributed by atoms with E-state index in [1.54, 1.807) is 18.2 Å². The third-order valence-electron chi connectivity index (χ3n) is 3.19. The zero-order valence-electron chi connectivity index (χ0n) is 10.6. The smallest absolute Gasteiger partial charge is 0.254 e. The van der Waals surface area contributed by atoms with Crippen molar-refractivity contribution in [1.82, 2.24) is 4.90 Å². The lowest BCUT2D eigenvalue weighted by Crippen LogP contribution is -2.36. The number of benzene rings is 1. The summed E-state index contributed by atoms with van der Waals surface area (Å²) >= 11 is 0. The Labute approximate surface area is 107 Å². The van der Waals surface area contributed by atoms with Gasteiger partial charge in [0.15, 0.2) is 0 Å². The van der Waals surface area contributed by atoms with Crippen molar-refractivity contribution in [3.05, 3.63) is 29.8 Å². The average Bonchev–Trinajstić information content (AvgIpc) is 2.63. The summed E-state index contributed by atoms with van der Waals surface area (Å²) in [5.74, 6) is 0.0915. The van der Waals surface area contributed by atoms with Crippen molar-refractivity contribution in [1.29, 1.82) is 0 Å². The number of hydrogen-bond donors (Lipinski definition) is 1. The fourth-order valence-corrected chi connectivity index (χ4v) is 2.15. The second-order valence-corrected chi connectivity index (χ2v) is 4.56. The number of carbonyl (C=O) groups is 1. The summed E-state index contributed by atoms with van der Waals surface area (Å²) < 4.78 is 5.65. The predicted molar refractivity (Wildman–Crippen MR) is 68.7 cm³/mol. The van der Waals surface area contributed by atoms with Gasteiger partial charge in [-0.25, -0.2) is 0 Å². The van der Waals surface area contributed by atoms with E-state index < -0.39 is 0 Å². The molecule has 1 fully saturated rings. The van der Waals surface area contributed by atoms with E-state index in [-0.39, 0.29) is 17.8 Å². The van der Waals surface area contributed by atoms with Gasteiger partial charge in [0.25, 0.3) is 5.91 Å². The summed E-state index contributed by atoms with van der Waals surface area (Å²) in [6, 6.07) is 6.50. The Morgan fingerprint density at radius 3 is 3.11 bits per heavy atom. The summed E-state index contributed by atoms with van der Waals surface area (Å²) in [6.07, 6.45) is 1.89. The van der Waals surface area contributed by atoms with Gasteiger partial charge in [-0.2, -0.15) is 0 Å². The molecule has 1 aromatic carbocycles. The Balaban J connectivity index is 2.12. The number of phenolic OH excluding ortho intramolecular Hbond substituents is 1. The SMILES string of the molecule is CCC1CN(C(=O)c2cccc(O)c2)CCCO1. The minimum atomic E-state index is -0.0325. The molecule has 0 aromatic heterocycles. The number of carbonyl (C=O) groups excluding carboxylic acids is 1. The van der Waals surface area contributed by atoms with Gasteiger partial charge >= 0.3 is 0 Å². The Bertz CT molecular complexity index is 419. The lowest BCUT2D eigenvalue weighted by atomic mass is 10.1. The van der Waals surface area contributed by atoms with Crippen molar-refractivity contribution >= 4 is 5.91 Å². The average molecular weight is 249 g/mol. The molecule has 1 saturated heterocycles. The number of nitrogens with zero attached hydrogens (tertiary/aromatic N) is 1. The maximum atomic E-state index is 12.3. The maximum Gasteiger partial charge on any atom is 0.254 e. The topological polar surface area (TPSA) is 49.8 Å². The first-order valence-electron chi connectivity index (χ1n) is 6.40. The van der Waals surface area contributed by atoms with E-state index in [0.29, 0.717) is 25.3 Å². The van der Waals surface area contributed by atoms with Crippen molar-refractivity contribution < 1.29 is 14.6 Å². The highest BCUT2D eigenvalue weighted by Gasteiger charge is 2.22. The van der Waals surface area contributed by atoms with Crippen LogP contribution in [-0.4, -0.2) is 41.7 Å². The van der Waals surface area contributed by atoms with E-state index in [4.69, 9.17) is 4.74 Å². The van der Waals surface area contributed by atoms with Crippen LogP contribution in [0.3, 0.4) is 0 Å². The predicted octanol–water partition coefficient (Wildman–Crippen LogP) is 2.03. The summed E-state index contributed by atoms with van der Waals surface area (Å²) in [6.45, 7) is 4.12. The Morgan fingerprint density at radius 2 is 2.39 bits per heavy atom. The van der Waals surface area contributed by atoms with Crippen LogP contribution in [0.2, 0.25) is 0 Å². The van der Waals surface area contributed by atoms with Crippen molar-refractivity contribution in [2.24, 2.45) is 0 Å². The number of phenols is 1. The number of rotatable bonds is 2. The molecule has 4 nitrogen and oxygen atoms in total. The van der Waals surface area contributed by atoms with Gasteiger partial charge in [-0.3, -0.25) is 4.79 Å². The molecule has 0 saturated carbocycles. The van der Waals surface area contributed by atoms with Gasteiger partial charge in [-0.15, -0.1) is 0 Å². The normalized spacial score (nSPS) is 20.5. The van der Waals surface area contributed by atoms with Crippen LogP contribution in [0, 0.1) is 0 Å². The Morgan fingerprint density at radius 1 is 1.56 bits per heavy atom. The first kappa shape index (κ1) is 12.9. The fraction of sp³-hybridized carbons (Fsp3) is 0.500. The first-order chi connectivity index (χ1) is 8.70. The largest absolute Gasteiger partial charge is 0.508 e. The van der Waals surface area contributed by atoms with Crippen LogP contribution in [0.5, 0.6) is 5.75 Å². The molecular formula is C14H19NO3. The lowest BCUT2D eigenvalue weighted by Gasteiger charge is -2.23.